The zero-order valence-electron chi connectivity index (χ0n) is 7.32. The van der Waals surface area contributed by atoms with Gasteiger partial charge in [0.05, 0.1) is 0 Å². The number of amidine groups is 1. The lowest BCUT2D eigenvalue weighted by Crippen LogP contribution is -2.32. The van der Waals surface area contributed by atoms with Crippen LogP contribution in [0, 0.1) is 0 Å². The van der Waals surface area contributed by atoms with E-state index in [2.05, 4.69) is 10.5 Å². The molecular weight excluding hydrogens is 158 g/mol. The molecule has 72 valence electrons. The molecule has 1 atom stereocenters. The zero-order chi connectivity index (χ0) is 9.40. The van der Waals surface area contributed by atoms with Crippen molar-refractivity contribution in [1.29, 1.82) is 0 Å². The van der Waals surface area contributed by atoms with E-state index in [9.17, 15) is 0 Å². The van der Waals surface area contributed by atoms with E-state index >= 15 is 0 Å². The van der Waals surface area contributed by atoms with Gasteiger partial charge in [0.25, 0.3) is 0 Å². The fraction of sp³-hybridized carbons (Fsp3) is 0.857. The second kappa shape index (κ2) is 6.87. The Balaban J connectivity index is 3.39. The van der Waals surface area contributed by atoms with Crippen LogP contribution >= 0.6 is 0 Å². The highest BCUT2D eigenvalue weighted by molar-refractivity contribution is 5.80. The summed E-state index contributed by atoms with van der Waals surface area (Å²) >= 11 is 0. The summed E-state index contributed by atoms with van der Waals surface area (Å²) in [7, 11) is 0. The number of aliphatic hydroxyl groups excluding tert-OH is 1. The van der Waals surface area contributed by atoms with Gasteiger partial charge < -0.3 is 21.4 Å². The lowest BCUT2D eigenvalue weighted by atomic mass is 10.2. The highest BCUT2D eigenvalue weighted by Gasteiger charge is 2.02. The Bertz CT molecular complexity index is 139. The van der Waals surface area contributed by atoms with E-state index < -0.39 is 0 Å². The van der Waals surface area contributed by atoms with Crippen molar-refractivity contribution < 1.29 is 10.3 Å². The molecule has 0 aromatic carbocycles. The largest absolute Gasteiger partial charge is 0.409 e. The minimum atomic E-state index is 0.174. The number of oxime groups is 1. The van der Waals surface area contributed by atoms with Crippen molar-refractivity contribution in [3.63, 3.8) is 0 Å². The van der Waals surface area contributed by atoms with Gasteiger partial charge in [0.15, 0.2) is 0 Å². The molecule has 5 N–H and O–H groups in total. The van der Waals surface area contributed by atoms with Gasteiger partial charge in [-0.25, -0.2) is 0 Å². The van der Waals surface area contributed by atoms with Crippen LogP contribution in [0.3, 0.4) is 0 Å². The van der Waals surface area contributed by atoms with E-state index in [1.165, 1.54) is 0 Å². The number of nitrogens with zero attached hydrogens (tertiary/aromatic N) is 1. The molecule has 0 fully saturated rings. The Labute approximate surface area is 72.3 Å². The minimum Gasteiger partial charge on any atom is -0.409 e. The summed E-state index contributed by atoms with van der Waals surface area (Å²) in [6.45, 7) is 2.87. The average Bonchev–Trinajstić information content (AvgIpc) is 2.05. The number of rotatable bonds is 6. The van der Waals surface area contributed by atoms with Crippen LogP contribution in [0.5, 0.6) is 0 Å². The van der Waals surface area contributed by atoms with Crippen LogP contribution in [0.2, 0.25) is 0 Å². The van der Waals surface area contributed by atoms with Crippen LogP contribution in [0.25, 0.3) is 0 Å². The number of hydrogen-bond donors (Lipinski definition) is 4. The Morgan fingerprint density at radius 2 is 2.33 bits per heavy atom. The van der Waals surface area contributed by atoms with Crippen molar-refractivity contribution in [2.24, 2.45) is 10.9 Å². The summed E-state index contributed by atoms with van der Waals surface area (Å²) in [4.78, 5) is 0. The summed E-state index contributed by atoms with van der Waals surface area (Å²) < 4.78 is 0. The van der Waals surface area contributed by atoms with Crippen molar-refractivity contribution in [1.82, 2.24) is 5.32 Å². The van der Waals surface area contributed by atoms with Gasteiger partial charge in [-0.1, -0.05) is 5.16 Å². The Morgan fingerprint density at radius 3 is 2.83 bits per heavy atom. The fourth-order valence-electron chi connectivity index (χ4n) is 0.854. The minimum absolute atomic E-state index is 0.174. The van der Waals surface area contributed by atoms with Gasteiger partial charge in [-0.2, -0.15) is 0 Å². The normalized spacial score (nSPS) is 14.7. The molecule has 0 aromatic rings. The quantitative estimate of drug-likeness (QED) is 0.144. The van der Waals surface area contributed by atoms with E-state index in [0.717, 1.165) is 13.0 Å². The van der Waals surface area contributed by atoms with Gasteiger partial charge in [-0.15, -0.1) is 0 Å². The molecule has 0 aliphatic carbocycles. The van der Waals surface area contributed by atoms with E-state index in [1.807, 2.05) is 6.92 Å². The van der Waals surface area contributed by atoms with Crippen molar-refractivity contribution in [3.8, 4) is 0 Å². The Hall–Kier alpha value is -0.810. The van der Waals surface area contributed by atoms with Crippen LogP contribution < -0.4 is 11.1 Å². The lowest BCUT2D eigenvalue weighted by Gasteiger charge is -2.11. The first-order valence-corrected chi connectivity index (χ1v) is 4.01. The van der Waals surface area contributed by atoms with Crippen LogP contribution in [-0.2, 0) is 0 Å². The maximum Gasteiger partial charge on any atom is 0.140 e. The molecule has 0 amide bonds. The summed E-state index contributed by atoms with van der Waals surface area (Å²) in [5, 5.41) is 22.7. The molecule has 0 heterocycles. The predicted molar refractivity (Wildman–Crippen MR) is 47.2 cm³/mol. The third-order valence-corrected chi connectivity index (χ3v) is 1.47. The van der Waals surface area contributed by atoms with Gasteiger partial charge in [-0.05, 0) is 19.9 Å². The molecule has 12 heavy (non-hydrogen) atoms. The topological polar surface area (TPSA) is 90.9 Å². The lowest BCUT2D eigenvalue weighted by molar-refractivity contribution is 0.283. The second-order valence-corrected chi connectivity index (χ2v) is 2.73. The number of hydrogen-bond acceptors (Lipinski definition) is 4. The van der Waals surface area contributed by atoms with Crippen LogP contribution in [0.1, 0.15) is 19.8 Å². The molecular formula is C7H17N3O2. The third kappa shape index (κ3) is 5.94. The molecule has 5 nitrogen and oxygen atoms in total. The van der Waals surface area contributed by atoms with Gasteiger partial charge in [-0.3, -0.25) is 0 Å². The molecule has 5 heteroatoms. The van der Waals surface area contributed by atoms with Crippen molar-refractivity contribution in [3.05, 3.63) is 0 Å². The van der Waals surface area contributed by atoms with E-state index in [1.54, 1.807) is 0 Å². The predicted octanol–water partition coefficient (Wildman–Crippen LogP) is -0.517. The molecule has 0 aliphatic rings. The van der Waals surface area contributed by atoms with Crippen molar-refractivity contribution >= 4 is 5.84 Å². The molecule has 0 bridgehead atoms. The monoisotopic (exact) mass is 175 g/mol. The maximum atomic E-state index is 8.48. The molecule has 1 unspecified atom stereocenters. The molecule has 0 spiro atoms. The maximum absolute atomic E-state index is 8.48. The first kappa shape index (κ1) is 11.2. The van der Waals surface area contributed by atoms with E-state index in [-0.39, 0.29) is 18.5 Å². The molecule has 0 aliphatic heterocycles. The average molecular weight is 175 g/mol. The van der Waals surface area contributed by atoms with Crippen LogP contribution in [0.15, 0.2) is 5.16 Å². The summed E-state index contributed by atoms with van der Waals surface area (Å²) in [5.74, 6) is 0.221. The Morgan fingerprint density at radius 1 is 1.67 bits per heavy atom. The fourth-order valence-corrected chi connectivity index (χ4v) is 0.854. The van der Waals surface area contributed by atoms with E-state index in [0.29, 0.717) is 6.42 Å². The number of nitrogens with two attached hydrogens (primary N) is 1. The van der Waals surface area contributed by atoms with Gasteiger partial charge in [0.2, 0.25) is 0 Å². The van der Waals surface area contributed by atoms with Gasteiger partial charge >= 0.3 is 0 Å². The molecule has 0 saturated carbocycles. The molecule has 0 aromatic heterocycles. The first-order chi connectivity index (χ1) is 5.70. The second-order valence-electron chi connectivity index (χ2n) is 2.73. The third-order valence-electron chi connectivity index (χ3n) is 1.47. The zero-order valence-corrected chi connectivity index (χ0v) is 7.32. The number of aliphatic hydroxyl groups is 1. The van der Waals surface area contributed by atoms with Crippen molar-refractivity contribution in [2.45, 2.75) is 25.8 Å². The highest BCUT2D eigenvalue weighted by atomic mass is 16.4. The summed E-state index contributed by atoms with van der Waals surface area (Å²) in [6, 6.07) is 0.174. The summed E-state index contributed by atoms with van der Waals surface area (Å²) in [6.07, 6.45) is 1.24. The Kier molecular flexibility index (Phi) is 6.41. The molecule has 0 rings (SSSR count). The summed E-state index contributed by atoms with van der Waals surface area (Å²) in [5.41, 5.74) is 5.29. The van der Waals surface area contributed by atoms with Gasteiger partial charge in [0, 0.05) is 19.1 Å². The first-order valence-electron chi connectivity index (χ1n) is 4.01. The highest BCUT2D eigenvalue weighted by Crippen LogP contribution is 1.90. The van der Waals surface area contributed by atoms with Crippen molar-refractivity contribution in [2.75, 3.05) is 13.2 Å². The van der Waals surface area contributed by atoms with E-state index in [4.69, 9.17) is 16.0 Å². The SMILES string of the molecule is CC(CC(N)=NO)NCCCO. The van der Waals surface area contributed by atoms with Crippen LogP contribution in [0.4, 0.5) is 0 Å². The number of nitrogens with one attached hydrogen (secondary N) is 1. The van der Waals surface area contributed by atoms with Crippen LogP contribution in [-0.4, -0.2) is 35.3 Å². The molecule has 0 saturated heterocycles. The standard InChI is InChI=1S/C7H17N3O2/c1-6(5-7(8)10-12)9-3-2-4-11/h6,9,11-12H,2-5H2,1H3,(H2,8,10). The van der Waals surface area contributed by atoms with Gasteiger partial charge in [0.1, 0.15) is 5.84 Å². The molecule has 0 radical (unpaired) electrons. The smallest absolute Gasteiger partial charge is 0.140 e.